The van der Waals surface area contributed by atoms with Crippen LogP contribution in [0.1, 0.15) is 27.2 Å². The lowest BCUT2D eigenvalue weighted by Gasteiger charge is -2.31. The molecule has 1 fully saturated rings. The average Bonchev–Trinajstić information content (AvgIpc) is 2.66. The summed E-state index contributed by atoms with van der Waals surface area (Å²) in [5, 5.41) is 2.09. The Hall–Kier alpha value is -0.540. The Kier molecular flexibility index (Phi) is 4.91. The third kappa shape index (κ3) is 3.32. The number of nitrogens with zero attached hydrogens (tertiary/aromatic N) is 1. The van der Waals surface area contributed by atoms with Crippen molar-refractivity contribution in [1.29, 1.82) is 0 Å². The fraction of sp³-hybridized carbons (Fsp3) is 0.562. The van der Waals surface area contributed by atoms with E-state index in [4.69, 9.17) is 12.2 Å². The predicted molar refractivity (Wildman–Crippen MR) is 90.2 cm³/mol. The Morgan fingerprint density at radius 3 is 2.63 bits per heavy atom. The van der Waals surface area contributed by atoms with Gasteiger partial charge in [-0.25, -0.2) is 0 Å². The van der Waals surface area contributed by atoms with Crippen LogP contribution in [0.5, 0.6) is 0 Å². The molecule has 4 unspecified atom stereocenters. The molecule has 0 aromatic heterocycles. The Labute approximate surface area is 126 Å². The van der Waals surface area contributed by atoms with Crippen molar-refractivity contribution in [3.05, 3.63) is 35.9 Å². The summed E-state index contributed by atoms with van der Waals surface area (Å²) < 4.78 is 0. The second-order valence-corrected chi connectivity index (χ2v) is 7.17. The summed E-state index contributed by atoms with van der Waals surface area (Å²) in [5.74, 6) is 3.11. The van der Waals surface area contributed by atoms with Crippen LogP contribution in [0.4, 0.5) is 0 Å². The summed E-state index contributed by atoms with van der Waals surface area (Å²) in [6.45, 7) is 11.1. The van der Waals surface area contributed by atoms with Crippen molar-refractivity contribution in [3.63, 3.8) is 0 Å². The second kappa shape index (κ2) is 6.27. The molecule has 0 radical (unpaired) electrons. The minimum absolute atomic E-state index is 0.542. The van der Waals surface area contributed by atoms with Crippen LogP contribution in [0.15, 0.2) is 35.9 Å². The average molecular weight is 294 g/mol. The fourth-order valence-electron chi connectivity index (χ4n) is 2.99. The van der Waals surface area contributed by atoms with Crippen LogP contribution < -0.4 is 0 Å². The molecule has 3 heteroatoms. The van der Waals surface area contributed by atoms with Gasteiger partial charge in [0.2, 0.25) is 0 Å². The molecular formula is C16H23NS2. The van der Waals surface area contributed by atoms with Crippen molar-refractivity contribution in [2.45, 2.75) is 33.2 Å². The Bertz CT molecular complexity index is 424. The molecule has 0 spiro atoms. The van der Waals surface area contributed by atoms with E-state index >= 15 is 0 Å². The Balaban J connectivity index is 2.21. The van der Waals surface area contributed by atoms with E-state index in [1.165, 1.54) is 6.42 Å². The molecule has 0 N–H and O–H groups in total. The molecule has 1 saturated carbocycles. The number of rotatable bonds is 1. The maximum atomic E-state index is 5.63. The SMILES string of the molecule is C=C1C=CN(C2CC(C)C(C)C2C)C(=S)CS/C=C\1. The molecular weight excluding hydrogens is 270 g/mol. The molecule has 0 amide bonds. The highest BCUT2D eigenvalue weighted by Gasteiger charge is 2.38. The number of allylic oxidation sites excluding steroid dienone is 3. The Morgan fingerprint density at radius 2 is 2.00 bits per heavy atom. The van der Waals surface area contributed by atoms with E-state index in [1.54, 1.807) is 11.8 Å². The fourth-order valence-corrected chi connectivity index (χ4v) is 4.04. The summed E-state index contributed by atoms with van der Waals surface area (Å²) in [7, 11) is 0. The first-order valence-electron chi connectivity index (χ1n) is 6.97. The second-order valence-electron chi connectivity index (χ2n) is 5.80. The van der Waals surface area contributed by atoms with E-state index in [9.17, 15) is 0 Å². The summed E-state index contributed by atoms with van der Waals surface area (Å²) in [6.07, 6.45) is 7.51. The van der Waals surface area contributed by atoms with Crippen LogP contribution in [0.25, 0.3) is 0 Å². The molecule has 1 aliphatic carbocycles. The van der Waals surface area contributed by atoms with E-state index in [0.717, 1.165) is 28.2 Å². The monoisotopic (exact) mass is 293 g/mol. The number of thiocarbonyl (C=S) groups is 1. The largest absolute Gasteiger partial charge is 0.339 e. The highest BCUT2D eigenvalue weighted by Crippen LogP contribution is 2.39. The molecule has 1 aliphatic heterocycles. The lowest BCUT2D eigenvalue weighted by molar-refractivity contribution is 0.300. The molecule has 0 aromatic carbocycles. The summed E-state index contributed by atoms with van der Waals surface area (Å²) >= 11 is 7.39. The van der Waals surface area contributed by atoms with Gasteiger partial charge in [0.25, 0.3) is 0 Å². The highest BCUT2D eigenvalue weighted by atomic mass is 32.2. The summed E-state index contributed by atoms with van der Waals surface area (Å²) in [6, 6.07) is 0.542. The van der Waals surface area contributed by atoms with Gasteiger partial charge in [0.05, 0.1) is 4.99 Å². The number of hydrogen-bond acceptors (Lipinski definition) is 2. The van der Waals surface area contributed by atoms with Crippen LogP contribution in [-0.2, 0) is 0 Å². The highest BCUT2D eigenvalue weighted by molar-refractivity contribution is 8.03. The van der Waals surface area contributed by atoms with Crippen LogP contribution >= 0.6 is 24.0 Å². The van der Waals surface area contributed by atoms with Crippen molar-refractivity contribution in [1.82, 2.24) is 4.90 Å². The van der Waals surface area contributed by atoms with Crippen LogP contribution in [0, 0.1) is 17.8 Å². The van der Waals surface area contributed by atoms with Gasteiger partial charge in [0.15, 0.2) is 0 Å². The van der Waals surface area contributed by atoms with Crippen molar-refractivity contribution in [2.75, 3.05) is 5.75 Å². The molecule has 19 heavy (non-hydrogen) atoms. The van der Waals surface area contributed by atoms with E-state index in [-0.39, 0.29) is 0 Å². The molecule has 4 atom stereocenters. The molecule has 2 aliphatic rings. The molecule has 0 aromatic rings. The van der Waals surface area contributed by atoms with Gasteiger partial charge in [-0.05, 0) is 47.3 Å². The number of hydrogen-bond donors (Lipinski definition) is 0. The number of thioether (sulfide) groups is 1. The molecule has 1 nitrogen and oxygen atoms in total. The van der Waals surface area contributed by atoms with Crippen LogP contribution in [0.3, 0.4) is 0 Å². The van der Waals surface area contributed by atoms with Gasteiger partial charge in [-0.1, -0.05) is 39.6 Å². The van der Waals surface area contributed by atoms with E-state index < -0.39 is 0 Å². The third-order valence-electron chi connectivity index (χ3n) is 4.63. The van der Waals surface area contributed by atoms with Crippen molar-refractivity contribution < 1.29 is 0 Å². The molecule has 0 saturated heterocycles. The van der Waals surface area contributed by atoms with Crippen molar-refractivity contribution in [3.8, 4) is 0 Å². The molecule has 104 valence electrons. The standard InChI is InChI=1S/C16H23NS2/c1-11-5-7-17(16(18)10-19-8-6-11)15-9-12(2)13(3)14(15)4/h5-8,12-15H,1,9-10H2,2-4H3/b7-5?,8-6-. The van der Waals surface area contributed by atoms with Gasteiger partial charge in [-0.15, -0.1) is 11.8 Å². The lowest BCUT2D eigenvalue weighted by atomic mass is 9.93. The molecule has 0 bridgehead atoms. The van der Waals surface area contributed by atoms with Gasteiger partial charge in [-0.2, -0.15) is 0 Å². The zero-order valence-corrected chi connectivity index (χ0v) is 13.6. The normalized spacial score (nSPS) is 37.9. The van der Waals surface area contributed by atoms with Gasteiger partial charge >= 0.3 is 0 Å². The van der Waals surface area contributed by atoms with Gasteiger partial charge in [0.1, 0.15) is 0 Å². The van der Waals surface area contributed by atoms with Crippen molar-refractivity contribution >= 4 is 29.0 Å². The minimum Gasteiger partial charge on any atom is -0.339 e. The van der Waals surface area contributed by atoms with Gasteiger partial charge < -0.3 is 4.90 Å². The van der Waals surface area contributed by atoms with E-state index in [2.05, 4.69) is 56.0 Å². The van der Waals surface area contributed by atoms with Crippen LogP contribution in [-0.4, -0.2) is 21.7 Å². The first-order chi connectivity index (χ1) is 9.00. The first-order valence-corrected chi connectivity index (χ1v) is 8.43. The zero-order chi connectivity index (χ0) is 14.0. The van der Waals surface area contributed by atoms with Gasteiger partial charge in [0, 0.05) is 18.0 Å². The quantitative estimate of drug-likeness (QED) is 0.649. The zero-order valence-electron chi connectivity index (χ0n) is 12.0. The lowest BCUT2D eigenvalue weighted by Crippen LogP contribution is -2.38. The van der Waals surface area contributed by atoms with E-state index in [1.807, 2.05) is 0 Å². The summed E-state index contributed by atoms with van der Waals surface area (Å²) in [5.41, 5.74) is 1.04. The molecule has 2 rings (SSSR count). The molecule has 1 heterocycles. The maximum Gasteiger partial charge on any atom is 0.0925 e. The summed E-state index contributed by atoms with van der Waals surface area (Å²) in [4.78, 5) is 3.37. The maximum absolute atomic E-state index is 5.63. The van der Waals surface area contributed by atoms with E-state index in [0.29, 0.717) is 12.0 Å². The third-order valence-corrected chi connectivity index (χ3v) is 5.93. The van der Waals surface area contributed by atoms with Gasteiger partial charge in [-0.3, -0.25) is 0 Å². The predicted octanol–water partition coefficient (Wildman–Crippen LogP) is 4.63. The Morgan fingerprint density at radius 1 is 1.26 bits per heavy atom. The first kappa shape index (κ1) is 14.9. The minimum atomic E-state index is 0.542. The van der Waals surface area contributed by atoms with Crippen LogP contribution in [0.2, 0.25) is 0 Å². The smallest absolute Gasteiger partial charge is 0.0925 e. The topological polar surface area (TPSA) is 3.24 Å². The van der Waals surface area contributed by atoms with Crippen molar-refractivity contribution in [2.24, 2.45) is 17.8 Å².